The lowest BCUT2D eigenvalue weighted by molar-refractivity contribution is -0.126. The smallest absolute Gasteiger partial charge is 0.252 e. The third kappa shape index (κ3) is 5.08. The molecule has 1 N–H and O–H groups in total. The zero-order chi connectivity index (χ0) is 21.2. The highest BCUT2D eigenvalue weighted by molar-refractivity contribution is 7.91. The van der Waals surface area contributed by atoms with Gasteiger partial charge in [0.05, 0.1) is 12.0 Å². The van der Waals surface area contributed by atoms with E-state index in [9.17, 15) is 13.2 Å². The van der Waals surface area contributed by atoms with Crippen LogP contribution in [0.5, 0.6) is 0 Å². The SMILES string of the molecule is C[C@H](NC(=O)[C@H]1CCCN(S(=O)(=O)c2cccs2)C1)c1ccc(C(C)(C)C)cc1. The topological polar surface area (TPSA) is 66.5 Å². The maximum absolute atomic E-state index is 12.8. The molecular formula is C22H30N2O3S2. The third-order valence-electron chi connectivity index (χ3n) is 5.48. The highest BCUT2D eigenvalue weighted by Gasteiger charge is 2.34. The van der Waals surface area contributed by atoms with Gasteiger partial charge >= 0.3 is 0 Å². The summed E-state index contributed by atoms with van der Waals surface area (Å²) < 4.78 is 27.3. The van der Waals surface area contributed by atoms with E-state index in [1.54, 1.807) is 17.5 Å². The monoisotopic (exact) mass is 434 g/mol. The van der Waals surface area contributed by atoms with Gasteiger partial charge in [-0.2, -0.15) is 4.31 Å². The van der Waals surface area contributed by atoms with E-state index in [1.807, 2.05) is 6.92 Å². The number of carbonyl (C=O) groups is 1. The summed E-state index contributed by atoms with van der Waals surface area (Å²) in [7, 11) is -3.51. The van der Waals surface area contributed by atoms with Crippen LogP contribution in [0.1, 0.15) is 57.7 Å². The standard InChI is InChI=1S/C22H30N2O3S2/c1-16(17-9-11-19(12-10-17)22(2,3)4)23-21(25)18-7-5-13-24(15-18)29(26,27)20-8-6-14-28-20/h6,8-12,14,16,18H,5,7,13,15H2,1-4H3,(H,23,25)/t16-,18-/m0/s1. The van der Waals surface area contributed by atoms with Gasteiger partial charge in [0.1, 0.15) is 4.21 Å². The molecule has 0 unspecified atom stereocenters. The molecule has 2 aromatic rings. The van der Waals surface area contributed by atoms with Crippen molar-refractivity contribution in [3.63, 3.8) is 0 Å². The minimum Gasteiger partial charge on any atom is -0.349 e. The maximum Gasteiger partial charge on any atom is 0.252 e. The second-order valence-electron chi connectivity index (χ2n) is 8.74. The average molecular weight is 435 g/mol. The van der Waals surface area contributed by atoms with Crippen LogP contribution in [-0.4, -0.2) is 31.7 Å². The summed E-state index contributed by atoms with van der Waals surface area (Å²) in [6.45, 7) is 9.19. The molecule has 5 nitrogen and oxygen atoms in total. The molecule has 2 heterocycles. The van der Waals surface area contributed by atoms with Crippen LogP contribution < -0.4 is 5.32 Å². The molecule has 1 saturated heterocycles. The summed E-state index contributed by atoms with van der Waals surface area (Å²) in [6.07, 6.45) is 1.40. The third-order valence-corrected chi connectivity index (χ3v) is 8.72. The van der Waals surface area contributed by atoms with Crippen molar-refractivity contribution in [1.29, 1.82) is 0 Å². The first-order chi connectivity index (χ1) is 13.6. The van der Waals surface area contributed by atoms with Gasteiger partial charge < -0.3 is 5.32 Å². The van der Waals surface area contributed by atoms with Crippen LogP contribution in [0.2, 0.25) is 0 Å². The van der Waals surface area contributed by atoms with Crippen molar-refractivity contribution in [2.24, 2.45) is 5.92 Å². The fourth-order valence-electron chi connectivity index (χ4n) is 3.60. The summed E-state index contributed by atoms with van der Waals surface area (Å²) in [6, 6.07) is 11.5. The molecule has 1 aromatic heterocycles. The fourth-order valence-corrected chi connectivity index (χ4v) is 6.27. The number of benzene rings is 1. The van der Waals surface area contributed by atoms with Crippen molar-refractivity contribution in [2.45, 2.75) is 56.2 Å². The Hall–Kier alpha value is -1.70. The first kappa shape index (κ1) is 22.0. The molecule has 0 radical (unpaired) electrons. The van der Waals surface area contributed by atoms with Crippen molar-refractivity contribution in [3.05, 3.63) is 52.9 Å². The zero-order valence-corrected chi connectivity index (χ0v) is 19.1. The van der Waals surface area contributed by atoms with E-state index in [0.717, 1.165) is 5.56 Å². The minimum absolute atomic E-state index is 0.0801. The normalized spacial score (nSPS) is 19.7. The first-order valence-electron chi connectivity index (χ1n) is 10.0. The number of nitrogens with one attached hydrogen (secondary N) is 1. The molecule has 7 heteroatoms. The second kappa shape index (κ2) is 8.58. The molecule has 0 spiro atoms. The molecule has 1 aromatic carbocycles. The van der Waals surface area contributed by atoms with Gasteiger partial charge in [-0.15, -0.1) is 11.3 Å². The Kier molecular flexibility index (Phi) is 6.51. The Labute approximate surface area is 178 Å². The summed E-state index contributed by atoms with van der Waals surface area (Å²) in [5.74, 6) is -0.404. The fraction of sp³-hybridized carbons (Fsp3) is 0.500. The number of thiophene rings is 1. The molecule has 1 aliphatic heterocycles. The lowest BCUT2D eigenvalue weighted by Gasteiger charge is -2.31. The lowest BCUT2D eigenvalue weighted by atomic mass is 9.86. The Morgan fingerprint density at radius 1 is 1.21 bits per heavy atom. The van der Waals surface area contributed by atoms with Crippen LogP contribution in [-0.2, 0) is 20.2 Å². The highest BCUT2D eigenvalue weighted by Crippen LogP contribution is 2.27. The molecule has 1 fully saturated rings. The molecule has 1 aliphatic rings. The van der Waals surface area contributed by atoms with Gasteiger partial charge in [-0.1, -0.05) is 51.1 Å². The van der Waals surface area contributed by atoms with Crippen LogP contribution in [0, 0.1) is 5.92 Å². The molecule has 3 rings (SSSR count). The molecule has 0 aliphatic carbocycles. The number of carbonyl (C=O) groups excluding carboxylic acids is 1. The minimum atomic E-state index is -3.51. The Bertz CT molecular complexity index is 929. The first-order valence-corrected chi connectivity index (χ1v) is 12.4. The molecule has 29 heavy (non-hydrogen) atoms. The average Bonchev–Trinajstić information content (AvgIpc) is 3.23. The van der Waals surface area contributed by atoms with E-state index in [-0.39, 0.29) is 29.8 Å². The van der Waals surface area contributed by atoms with Crippen LogP contribution in [0.15, 0.2) is 46.0 Å². The number of amides is 1. The van der Waals surface area contributed by atoms with Crippen molar-refractivity contribution < 1.29 is 13.2 Å². The maximum atomic E-state index is 12.8. The Balaban J connectivity index is 1.64. The van der Waals surface area contributed by atoms with Crippen molar-refractivity contribution in [2.75, 3.05) is 13.1 Å². The second-order valence-corrected chi connectivity index (χ2v) is 11.8. The molecule has 0 saturated carbocycles. The number of hydrogen-bond donors (Lipinski definition) is 1. The van der Waals surface area contributed by atoms with Gasteiger partial charge in [-0.25, -0.2) is 8.42 Å². The summed E-state index contributed by atoms with van der Waals surface area (Å²) >= 11 is 1.21. The van der Waals surface area contributed by atoms with Crippen molar-refractivity contribution >= 4 is 27.3 Å². The van der Waals surface area contributed by atoms with E-state index in [2.05, 4.69) is 50.4 Å². The molecular weight excluding hydrogens is 404 g/mol. The number of sulfonamides is 1. The van der Waals surface area contributed by atoms with Crippen LogP contribution >= 0.6 is 11.3 Å². The molecule has 158 valence electrons. The number of nitrogens with zero attached hydrogens (tertiary/aromatic N) is 1. The largest absolute Gasteiger partial charge is 0.349 e. The van der Waals surface area contributed by atoms with Crippen molar-refractivity contribution in [1.82, 2.24) is 9.62 Å². The quantitative estimate of drug-likeness (QED) is 0.762. The van der Waals surface area contributed by atoms with Crippen LogP contribution in [0.3, 0.4) is 0 Å². The lowest BCUT2D eigenvalue weighted by Crippen LogP contribution is -2.45. The summed E-state index contributed by atoms with van der Waals surface area (Å²) in [5, 5.41) is 4.83. The van der Waals surface area contributed by atoms with Gasteiger partial charge in [0, 0.05) is 13.1 Å². The van der Waals surface area contributed by atoms with Crippen LogP contribution in [0.4, 0.5) is 0 Å². The predicted octanol–water partition coefficient (Wildman–Crippen LogP) is 4.32. The predicted molar refractivity (Wildman–Crippen MR) is 118 cm³/mol. The van der Waals surface area contributed by atoms with Gasteiger partial charge in [-0.05, 0) is 47.8 Å². The molecule has 0 bridgehead atoms. The summed E-state index contributed by atoms with van der Waals surface area (Å²) in [5.41, 5.74) is 2.39. The number of rotatable bonds is 5. The number of piperidine rings is 1. The van der Waals surface area contributed by atoms with Gasteiger partial charge in [-0.3, -0.25) is 4.79 Å². The Morgan fingerprint density at radius 2 is 1.90 bits per heavy atom. The highest BCUT2D eigenvalue weighted by atomic mass is 32.2. The van der Waals surface area contributed by atoms with E-state index in [1.165, 1.54) is 21.2 Å². The zero-order valence-electron chi connectivity index (χ0n) is 17.5. The van der Waals surface area contributed by atoms with E-state index in [4.69, 9.17) is 0 Å². The summed E-state index contributed by atoms with van der Waals surface area (Å²) in [4.78, 5) is 12.8. The van der Waals surface area contributed by atoms with Gasteiger partial charge in [0.25, 0.3) is 10.0 Å². The molecule has 2 atom stereocenters. The Morgan fingerprint density at radius 3 is 2.48 bits per heavy atom. The number of hydrogen-bond acceptors (Lipinski definition) is 4. The van der Waals surface area contributed by atoms with E-state index in [0.29, 0.717) is 23.6 Å². The van der Waals surface area contributed by atoms with E-state index < -0.39 is 10.0 Å². The van der Waals surface area contributed by atoms with E-state index >= 15 is 0 Å². The van der Waals surface area contributed by atoms with Crippen LogP contribution in [0.25, 0.3) is 0 Å². The van der Waals surface area contributed by atoms with Gasteiger partial charge in [0.2, 0.25) is 5.91 Å². The van der Waals surface area contributed by atoms with Gasteiger partial charge in [0.15, 0.2) is 0 Å². The van der Waals surface area contributed by atoms with Crippen molar-refractivity contribution in [3.8, 4) is 0 Å². The molecule has 1 amide bonds.